The van der Waals surface area contributed by atoms with E-state index in [0.29, 0.717) is 6.04 Å². The lowest BCUT2D eigenvalue weighted by Gasteiger charge is -2.36. The van der Waals surface area contributed by atoms with Crippen molar-refractivity contribution in [3.8, 4) is 11.1 Å². The van der Waals surface area contributed by atoms with E-state index in [-0.39, 0.29) is 5.41 Å². The van der Waals surface area contributed by atoms with Gasteiger partial charge in [0.25, 0.3) is 0 Å². The molecular formula is C33H36N2. The maximum atomic E-state index is 3.67. The summed E-state index contributed by atoms with van der Waals surface area (Å²) >= 11 is 0. The second-order valence-corrected chi connectivity index (χ2v) is 10.4. The van der Waals surface area contributed by atoms with Crippen molar-refractivity contribution in [2.24, 2.45) is 0 Å². The molecule has 1 aliphatic rings. The van der Waals surface area contributed by atoms with Crippen molar-refractivity contribution < 1.29 is 0 Å². The highest BCUT2D eigenvalue weighted by atomic mass is 14.9. The van der Waals surface area contributed by atoms with Crippen LogP contribution >= 0.6 is 0 Å². The van der Waals surface area contributed by atoms with Crippen molar-refractivity contribution in [2.45, 2.75) is 53.0 Å². The fraction of sp³-hybridized carbons (Fsp3) is 0.273. The Balaban J connectivity index is 1.91. The Morgan fingerprint density at radius 2 is 1.00 bits per heavy atom. The van der Waals surface area contributed by atoms with E-state index in [2.05, 4.69) is 125 Å². The Labute approximate surface area is 210 Å². The monoisotopic (exact) mass is 460 g/mol. The van der Waals surface area contributed by atoms with Gasteiger partial charge in [-0.2, -0.15) is 0 Å². The molecule has 1 aliphatic carbocycles. The fourth-order valence-corrected chi connectivity index (χ4v) is 6.29. The normalized spacial score (nSPS) is 13.5. The molecule has 0 radical (unpaired) electrons. The van der Waals surface area contributed by atoms with Gasteiger partial charge in [-0.15, -0.1) is 0 Å². The average Bonchev–Trinajstić information content (AvgIpc) is 3.12. The first-order valence-corrected chi connectivity index (χ1v) is 12.7. The summed E-state index contributed by atoms with van der Waals surface area (Å²) in [6.45, 7) is 13.3. The number of benzene rings is 4. The number of rotatable bonds is 5. The maximum absolute atomic E-state index is 3.67. The molecule has 0 unspecified atom stereocenters. The third kappa shape index (κ3) is 3.46. The first kappa shape index (κ1) is 23.2. The number of fused-ring (bicyclic) bond motifs is 3. The van der Waals surface area contributed by atoms with Crippen LogP contribution in [0.3, 0.4) is 0 Å². The van der Waals surface area contributed by atoms with Gasteiger partial charge < -0.3 is 10.6 Å². The lowest BCUT2D eigenvalue weighted by Crippen LogP contribution is -2.29. The molecule has 0 bridgehead atoms. The molecule has 0 fully saturated rings. The molecule has 0 saturated carbocycles. The zero-order valence-corrected chi connectivity index (χ0v) is 22.0. The van der Waals surface area contributed by atoms with Crippen LogP contribution in [-0.2, 0) is 5.41 Å². The molecule has 0 spiro atoms. The van der Waals surface area contributed by atoms with Crippen LogP contribution in [-0.4, -0.2) is 13.1 Å². The molecule has 2 nitrogen and oxygen atoms in total. The molecule has 0 atom stereocenters. The Hall–Kier alpha value is -3.52. The lowest BCUT2D eigenvalue weighted by atomic mass is 9.66. The van der Waals surface area contributed by atoms with Crippen molar-refractivity contribution >= 4 is 11.4 Å². The zero-order chi connectivity index (χ0) is 24.9. The predicted molar refractivity (Wildman–Crippen MR) is 151 cm³/mol. The summed E-state index contributed by atoms with van der Waals surface area (Å²) in [5, 5.41) is 7.08. The van der Waals surface area contributed by atoms with Crippen molar-refractivity contribution in [1.82, 2.24) is 0 Å². The summed E-state index contributed by atoms with van der Waals surface area (Å²) in [6.07, 6.45) is 0. The van der Waals surface area contributed by atoms with Gasteiger partial charge in [-0.05, 0) is 97.2 Å². The molecular weight excluding hydrogens is 424 g/mol. The van der Waals surface area contributed by atoms with E-state index >= 15 is 0 Å². The van der Waals surface area contributed by atoms with Gasteiger partial charge in [-0.3, -0.25) is 0 Å². The summed E-state index contributed by atoms with van der Waals surface area (Å²) in [7, 11) is 2.01. The Morgan fingerprint density at radius 1 is 0.600 bits per heavy atom. The maximum Gasteiger partial charge on any atom is 0.0714 e. The van der Waals surface area contributed by atoms with E-state index in [1.807, 2.05) is 7.05 Å². The van der Waals surface area contributed by atoms with Gasteiger partial charge in [0.05, 0.1) is 5.41 Å². The minimum absolute atomic E-state index is 0.374. The molecule has 0 amide bonds. The van der Waals surface area contributed by atoms with Crippen LogP contribution in [0, 0.1) is 27.7 Å². The minimum Gasteiger partial charge on any atom is -0.388 e. The van der Waals surface area contributed by atoms with E-state index in [4.69, 9.17) is 0 Å². The summed E-state index contributed by atoms with van der Waals surface area (Å²) in [6, 6.07) is 27.9. The molecule has 4 aromatic rings. The minimum atomic E-state index is -0.374. The Kier molecular flexibility index (Phi) is 5.71. The van der Waals surface area contributed by atoms with E-state index in [9.17, 15) is 0 Å². The molecule has 0 aliphatic heterocycles. The molecule has 0 aromatic heterocycles. The Morgan fingerprint density at radius 3 is 1.40 bits per heavy atom. The van der Waals surface area contributed by atoms with Crippen LogP contribution in [0.2, 0.25) is 0 Å². The van der Waals surface area contributed by atoms with Gasteiger partial charge in [-0.1, -0.05) is 72.8 Å². The van der Waals surface area contributed by atoms with Crippen molar-refractivity contribution in [1.29, 1.82) is 0 Å². The highest BCUT2D eigenvalue weighted by molar-refractivity contribution is 5.87. The number of anilines is 2. The predicted octanol–water partition coefficient (Wildman–Crippen LogP) is 8.15. The van der Waals surface area contributed by atoms with Crippen LogP contribution < -0.4 is 10.6 Å². The summed E-state index contributed by atoms with van der Waals surface area (Å²) in [4.78, 5) is 0. The summed E-state index contributed by atoms with van der Waals surface area (Å²) < 4.78 is 0. The van der Waals surface area contributed by atoms with Crippen molar-refractivity contribution in [3.05, 3.63) is 117 Å². The fourth-order valence-electron chi connectivity index (χ4n) is 6.29. The largest absolute Gasteiger partial charge is 0.388 e. The highest BCUT2D eigenvalue weighted by Gasteiger charge is 2.46. The third-order valence-corrected chi connectivity index (χ3v) is 7.57. The SMILES string of the molecule is CNc1c(C)cc(C2(c3cc(C)c(NC(C)C)c(C)c3)c3ccccc3-c3ccccc32)cc1C. The lowest BCUT2D eigenvalue weighted by molar-refractivity contribution is 0.763. The zero-order valence-electron chi connectivity index (χ0n) is 22.0. The van der Waals surface area contributed by atoms with Crippen LogP contribution in [0.4, 0.5) is 11.4 Å². The van der Waals surface area contributed by atoms with Gasteiger partial charge >= 0.3 is 0 Å². The second kappa shape index (κ2) is 8.61. The van der Waals surface area contributed by atoms with Crippen LogP contribution in [0.25, 0.3) is 11.1 Å². The van der Waals surface area contributed by atoms with E-state index < -0.39 is 0 Å². The van der Waals surface area contributed by atoms with Crippen LogP contribution in [0.5, 0.6) is 0 Å². The van der Waals surface area contributed by atoms with Gasteiger partial charge in [0.2, 0.25) is 0 Å². The number of hydrogen-bond acceptors (Lipinski definition) is 2. The van der Waals surface area contributed by atoms with Gasteiger partial charge in [0.15, 0.2) is 0 Å². The number of hydrogen-bond donors (Lipinski definition) is 2. The molecule has 4 aromatic carbocycles. The molecule has 2 heteroatoms. The van der Waals surface area contributed by atoms with E-state index in [1.165, 1.54) is 67.0 Å². The topological polar surface area (TPSA) is 24.1 Å². The smallest absolute Gasteiger partial charge is 0.0714 e. The second-order valence-electron chi connectivity index (χ2n) is 10.4. The molecule has 0 saturated heterocycles. The first-order chi connectivity index (χ1) is 16.8. The molecule has 35 heavy (non-hydrogen) atoms. The van der Waals surface area contributed by atoms with Crippen molar-refractivity contribution in [2.75, 3.05) is 17.7 Å². The standard InChI is InChI=1S/C33H36N2/c1-20(2)35-32-23(5)18-26(19-24(32)6)33(25-16-21(3)31(34-7)22(4)17-25)29-14-10-8-12-27(29)28-13-9-11-15-30(28)33/h8-20,34-35H,1-7H3. The van der Waals surface area contributed by atoms with Crippen molar-refractivity contribution in [3.63, 3.8) is 0 Å². The summed E-state index contributed by atoms with van der Waals surface area (Å²) in [5.74, 6) is 0. The van der Waals surface area contributed by atoms with E-state index in [1.54, 1.807) is 0 Å². The van der Waals surface area contributed by atoms with Gasteiger partial charge in [-0.25, -0.2) is 0 Å². The first-order valence-electron chi connectivity index (χ1n) is 12.7. The number of nitrogens with one attached hydrogen (secondary N) is 2. The molecule has 0 heterocycles. The van der Waals surface area contributed by atoms with Gasteiger partial charge in [0.1, 0.15) is 0 Å². The average molecular weight is 461 g/mol. The van der Waals surface area contributed by atoms with E-state index in [0.717, 1.165) is 0 Å². The number of aryl methyl sites for hydroxylation is 4. The van der Waals surface area contributed by atoms with Gasteiger partial charge in [0, 0.05) is 24.5 Å². The molecule has 5 rings (SSSR count). The molecule has 178 valence electrons. The Bertz CT molecular complexity index is 1340. The quantitative estimate of drug-likeness (QED) is 0.276. The van der Waals surface area contributed by atoms with Crippen LogP contribution in [0.1, 0.15) is 58.4 Å². The van der Waals surface area contributed by atoms with Crippen LogP contribution in [0.15, 0.2) is 72.8 Å². The molecule has 2 N–H and O–H groups in total. The third-order valence-electron chi connectivity index (χ3n) is 7.57. The highest BCUT2D eigenvalue weighted by Crippen LogP contribution is 2.57. The summed E-state index contributed by atoms with van der Waals surface area (Å²) in [5.41, 5.74) is 15.2.